The second-order valence-corrected chi connectivity index (χ2v) is 15.8. The van der Waals surface area contributed by atoms with Gasteiger partial charge < -0.3 is 0 Å². The molecule has 7 aromatic rings. The van der Waals surface area contributed by atoms with E-state index in [2.05, 4.69) is 182 Å². The molecule has 0 atom stereocenters. The van der Waals surface area contributed by atoms with Crippen LogP contribution in [0, 0.1) is 0 Å². The molecular weight excluding hydrogens is 545 g/mol. The number of rotatable bonds is 4. The van der Waals surface area contributed by atoms with Gasteiger partial charge in [-0.25, -0.2) is 0 Å². The van der Waals surface area contributed by atoms with Crippen molar-refractivity contribution in [2.75, 3.05) is 0 Å². The predicted molar refractivity (Wildman–Crippen MR) is 186 cm³/mol. The molecule has 0 fully saturated rings. The molecule has 0 aliphatic heterocycles. The van der Waals surface area contributed by atoms with Crippen LogP contribution in [0.4, 0.5) is 0 Å². The Morgan fingerprint density at radius 3 is 1.05 bits per heavy atom. The molecule has 0 saturated carbocycles. The minimum absolute atomic E-state index is 0.325. The maximum absolute atomic E-state index is 2.66. The van der Waals surface area contributed by atoms with E-state index in [-0.39, 0.29) is 5.41 Å². The van der Waals surface area contributed by atoms with Crippen LogP contribution in [0.2, 0.25) is 0 Å². The standard InChI is InChI=1S/C43H30Si/c1-4-16-31(17-5-1)44(32-18-6-2-7-19-32,33-20-8-3-9-21-33)34-28-29-42-38(30-34)37-24-12-15-27-41(37)43(42)39-25-13-10-22-35(39)36-23-11-14-26-40(36)43/h1-30H. The summed E-state index contributed by atoms with van der Waals surface area (Å²) in [5.41, 5.74) is 10.6. The molecule has 0 bridgehead atoms. The lowest BCUT2D eigenvalue weighted by Crippen LogP contribution is -2.74. The minimum atomic E-state index is -2.66. The molecule has 0 amide bonds. The summed E-state index contributed by atoms with van der Waals surface area (Å²) >= 11 is 0. The molecule has 9 rings (SSSR count). The zero-order chi connectivity index (χ0) is 29.1. The lowest BCUT2D eigenvalue weighted by atomic mass is 9.70. The molecule has 0 unspecified atom stereocenters. The Bertz CT molecular complexity index is 2020. The first-order valence-corrected chi connectivity index (χ1v) is 17.5. The van der Waals surface area contributed by atoms with Crippen LogP contribution in [-0.4, -0.2) is 8.07 Å². The van der Waals surface area contributed by atoms with E-state index in [1.54, 1.807) is 0 Å². The fraction of sp³-hybridized carbons (Fsp3) is 0.0233. The molecule has 0 heterocycles. The quantitative estimate of drug-likeness (QED) is 0.152. The molecule has 1 heteroatoms. The second-order valence-electron chi connectivity index (χ2n) is 12.0. The van der Waals surface area contributed by atoms with Crippen molar-refractivity contribution in [1.29, 1.82) is 0 Å². The van der Waals surface area contributed by atoms with Gasteiger partial charge in [-0.15, -0.1) is 0 Å². The van der Waals surface area contributed by atoms with Gasteiger partial charge in [0, 0.05) is 0 Å². The normalized spacial score (nSPS) is 13.6. The van der Waals surface area contributed by atoms with Gasteiger partial charge in [-0.2, -0.15) is 0 Å². The van der Waals surface area contributed by atoms with E-state index in [4.69, 9.17) is 0 Å². The van der Waals surface area contributed by atoms with E-state index in [1.807, 2.05) is 0 Å². The average molecular weight is 575 g/mol. The third kappa shape index (κ3) is 3.22. The first kappa shape index (κ1) is 25.3. The highest BCUT2D eigenvalue weighted by Gasteiger charge is 2.52. The third-order valence-electron chi connectivity index (χ3n) is 10.1. The Balaban J connectivity index is 1.40. The molecule has 206 valence electrons. The number of hydrogen-bond donors (Lipinski definition) is 0. The first-order valence-electron chi connectivity index (χ1n) is 15.5. The van der Waals surface area contributed by atoms with Gasteiger partial charge in [0.1, 0.15) is 0 Å². The second kappa shape index (κ2) is 9.64. The van der Waals surface area contributed by atoms with Crippen LogP contribution in [0.25, 0.3) is 22.3 Å². The van der Waals surface area contributed by atoms with Crippen molar-refractivity contribution in [3.05, 3.63) is 204 Å². The van der Waals surface area contributed by atoms with E-state index in [9.17, 15) is 0 Å². The molecule has 0 saturated heterocycles. The van der Waals surface area contributed by atoms with Gasteiger partial charge in [0.25, 0.3) is 0 Å². The van der Waals surface area contributed by atoms with Gasteiger partial charge in [-0.3, -0.25) is 0 Å². The van der Waals surface area contributed by atoms with Crippen molar-refractivity contribution in [1.82, 2.24) is 0 Å². The summed E-state index contributed by atoms with van der Waals surface area (Å²) in [4.78, 5) is 0. The Kier molecular flexibility index (Phi) is 5.54. The van der Waals surface area contributed by atoms with Gasteiger partial charge in [0.2, 0.25) is 0 Å². The molecule has 0 nitrogen and oxygen atoms in total. The first-order chi connectivity index (χ1) is 21.8. The zero-order valence-corrected chi connectivity index (χ0v) is 25.3. The average Bonchev–Trinajstić information content (AvgIpc) is 3.57. The smallest absolute Gasteiger partial charge is 0.0623 e. The van der Waals surface area contributed by atoms with Crippen LogP contribution < -0.4 is 20.7 Å². The largest absolute Gasteiger partial charge is 0.179 e. The van der Waals surface area contributed by atoms with Crippen molar-refractivity contribution in [3.63, 3.8) is 0 Å². The van der Waals surface area contributed by atoms with Gasteiger partial charge in [-0.05, 0) is 65.3 Å². The summed E-state index contributed by atoms with van der Waals surface area (Å²) in [6.07, 6.45) is 0. The molecule has 0 radical (unpaired) electrons. The van der Waals surface area contributed by atoms with Crippen molar-refractivity contribution in [2.24, 2.45) is 0 Å². The maximum Gasteiger partial charge on any atom is 0.179 e. The molecule has 2 aliphatic carbocycles. The monoisotopic (exact) mass is 574 g/mol. The van der Waals surface area contributed by atoms with E-state index in [0.717, 1.165) is 0 Å². The van der Waals surface area contributed by atoms with Crippen LogP contribution in [-0.2, 0) is 5.41 Å². The Hall–Kier alpha value is -5.24. The van der Waals surface area contributed by atoms with Crippen LogP contribution >= 0.6 is 0 Å². The summed E-state index contributed by atoms with van der Waals surface area (Å²) in [6.45, 7) is 0. The molecule has 0 aromatic heterocycles. The molecule has 44 heavy (non-hydrogen) atoms. The maximum atomic E-state index is 2.56. The molecular formula is C43H30Si. The number of benzene rings is 7. The van der Waals surface area contributed by atoms with Gasteiger partial charge in [-0.1, -0.05) is 182 Å². The van der Waals surface area contributed by atoms with Gasteiger partial charge in [0.15, 0.2) is 8.07 Å². The van der Waals surface area contributed by atoms with Gasteiger partial charge >= 0.3 is 0 Å². The third-order valence-corrected chi connectivity index (χ3v) is 14.8. The Morgan fingerprint density at radius 2 is 0.614 bits per heavy atom. The number of hydrogen-bond acceptors (Lipinski definition) is 0. The summed E-state index contributed by atoms with van der Waals surface area (Å²) < 4.78 is 0. The predicted octanol–water partition coefficient (Wildman–Crippen LogP) is 7.41. The minimum Gasteiger partial charge on any atom is -0.0623 e. The van der Waals surface area contributed by atoms with E-state index in [0.29, 0.717) is 0 Å². The lowest BCUT2D eigenvalue weighted by molar-refractivity contribution is 0.794. The highest BCUT2D eigenvalue weighted by Crippen LogP contribution is 2.62. The highest BCUT2D eigenvalue weighted by molar-refractivity contribution is 7.19. The van der Waals surface area contributed by atoms with Crippen molar-refractivity contribution >= 4 is 28.8 Å². The van der Waals surface area contributed by atoms with Crippen molar-refractivity contribution < 1.29 is 0 Å². The SMILES string of the molecule is c1ccc([Si](c2ccccc2)(c2ccccc2)c2ccc3c(c2)-c2ccccc2C32c3ccccc3-c3ccccc32)cc1. The van der Waals surface area contributed by atoms with E-state index in [1.165, 1.54) is 65.3 Å². The van der Waals surface area contributed by atoms with Gasteiger partial charge in [0.05, 0.1) is 5.41 Å². The Morgan fingerprint density at radius 1 is 0.273 bits per heavy atom. The fourth-order valence-corrected chi connectivity index (χ4v) is 13.2. The Labute approximate surface area is 260 Å². The summed E-state index contributed by atoms with van der Waals surface area (Å²) in [5.74, 6) is 0. The summed E-state index contributed by atoms with van der Waals surface area (Å²) in [6, 6.07) is 68.4. The summed E-state index contributed by atoms with van der Waals surface area (Å²) in [7, 11) is -2.66. The van der Waals surface area contributed by atoms with Crippen LogP contribution in [0.3, 0.4) is 0 Å². The fourth-order valence-electron chi connectivity index (χ4n) is 8.40. The lowest BCUT2D eigenvalue weighted by Gasteiger charge is -2.35. The van der Waals surface area contributed by atoms with Crippen LogP contribution in [0.15, 0.2) is 182 Å². The summed E-state index contributed by atoms with van der Waals surface area (Å²) in [5, 5.41) is 5.60. The number of fused-ring (bicyclic) bond motifs is 10. The van der Waals surface area contributed by atoms with Crippen LogP contribution in [0.1, 0.15) is 22.3 Å². The van der Waals surface area contributed by atoms with Crippen LogP contribution in [0.5, 0.6) is 0 Å². The highest BCUT2D eigenvalue weighted by atomic mass is 28.3. The molecule has 1 spiro atoms. The van der Waals surface area contributed by atoms with Crippen molar-refractivity contribution in [3.8, 4) is 22.3 Å². The topological polar surface area (TPSA) is 0 Å². The zero-order valence-electron chi connectivity index (χ0n) is 24.3. The molecule has 2 aliphatic rings. The van der Waals surface area contributed by atoms with Crippen molar-refractivity contribution in [2.45, 2.75) is 5.41 Å². The molecule has 0 N–H and O–H groups in total. The molecule has 7 aromatic carbocycles. The van der Waals surface area contributed by atoms with E-state index >= 15 is 0 Å². The van der Waals surface area contributed by atoms with E-state index < -0.39 is 8.07 Å².